The Kier molecular flexibility index (Phi) is 195. The third kappa shape index (κ3) is 18.4. The smallest absolute Gasteiger partial charge is 1.00 e. The SMILES string of the molecule is O.[AlH3].[Ca+2].[H-].[H-].[H-].[K+].[SiH4]. The van der Waals surface area contributed by atoms with Crippen LogP contribution in [0.2, 0.25) is 0 Å². The van der Waals surface area contributed by atoms with Gasteiger partial charge < -0.3 is 9.76 Å². The molecule has 0 saturated carbocycles. The van der Waals surface area contributed by atoms with Crippen LogP contribution in [0.15, 0.2) is 0 Å². The van der Waals surface area contributed by atoms with Crippen molar-refractivity contribution in [3.63, 3.8) is 0 Å². The first-order valence-corrected chi connectivity index (χ1v) is 0. The zero-order valence-electron chi connectivity index (χ0n) is 5.21. The zero-order valence-corrected chi connectivity index (χ0v) is 7.54. The van der Waals surface area contributed by atoms with Crippen LogP contribution in [-0.2, 0) is 0 Å². The zero-order chi connectivity index (χ0) is 0. The molecule has 0 aliphatic rings. The van der Waals surface area contributed by atoms with Crippen molar-refractivity contribution in [2.45, 2.75) is 0 Å². The van der Waals surface area contributed by atoms with Crippen molar-refractivity contribution in [3.8, 4) is 0 Å². The van der Waals surface area contributed by atoms with E-state index in [9.17, 15) is 0 Å². The molecular weight excluding hydrogens is 150 g/mol. The normalized spacial score (nSPS) is 0. The maximum atomic E-state index is 0. The van der Waals surface area contributed by atoms with Gasteiger partial charge in [-0.2, -0.15) is 0 Å². The molecular formula is H12AlCaKOSi. The minimum absolute atomic E-state index is 0. The molecule has 0 aromatic heterocycles. The maximum Gasteiger partial charge on any atom is 2.00 e. The van der Waals surface area contributed by atoms with Crippen LogP contribution in [0.3, 0.4) is 0 Å². The van der Waals surface area contributed by atoms with Crippen LogP contribution in [0.25, 0.3) is 0 Å². The van der Waals surface area contributed by atoms with E-state index < -0.39 is 0 Å². The summed E-state index contributed by atoms with van der Waals surface area (Å²) in [5.41, 5.74) is 0. The Hall–Kier alpha value is 3.61. The van der Waals surface area contributed by atoms with Crippen LogP contribution in [0.1, 0.15) is 4.28 Å². The topological polar surface area (TPSA) is 31.5 Å². The van der Waals surface area contributed by atoms with Gasteiger partial charge in [0.15, 0.2) is 17.4 Å². The molecule has 0 atom stereocenters. The molecule has 5 heteroatoms. The predicted octanol–water partition coefficient (Wildman–Crippen LogP) is -6.50. The van der Waals surface area contributed by atoms with E-state index in [-0.39, 0.29) is 127 Å². The van der Waals surface area contributed by atoms with Crippen LogP contribution in [0.5, 0.6) is 0 Å². The maximum absolute atomic E-state index is 0. The molecule has 0 aliphatic heterocycles. The summed E-state index contributed by atoms with van der Waals surface area (Å²) in [4.78, 5) is 0. The molecule has 0 rings (SSSR count). The average molecular weight is 162 g/mol. The minimum Gasteiger partial charge on any atom is -1.00 e. The van der Waals surface area contributed by atoms with Gasteiger partial charge in [0.05, 0.1) is 0 Å². The van der Waals surface area contributed by atoms with Crippen molar-refractivity contribution in [1.82, 2.24) is 0 Å². The molecule has 0 heterocycles. The fourth-order valence-corrected chi connectivity index (χ4v) is 0. The van der Waals surface area contributed by atoms with E-state index in [1.807, 2.05) is 0 Å². The molecule has 0 unspecified atom stereocenters. The second kappa shape index (κ2) is 25.5. The molecule has 5 heavy (non-hydrogen) atoms. The van der Waals surface area contributed by atoms with E-state index in [1.54, 1.807) is 0 Å². The van der Waals surface area contributed by atoms with Crippen LogP contribution < -0.4 is 51.4 Å². The van der Waals surface area contributed by atoms with Crippen molar-refractivity contribution < 1.29 is 61.1 Å². The van der Waals surface area contributed by atoms with Crippen molar-refractivity contribution in [2.75, 3.05) is 0 Å². The quantitative estimate of drug-likeness (QED) is 0.317. The Balaban J connectivity index is 0. The summed E-state index contributed by atoms with van der Waals surface area (Å²) in [7, 11) is 0. The van der Waals surface area contributed by atoms with Gasteiger partial charge in [-0.25, -0.2) is 0 Å². The summed E-state index contributed by atoms with van der Waals surface area (Å²) in [5, 5.41) is 0. The fraction of sp³-hybridized carbons (Fsp3) is 0. The Bertz CT molecular complexity index is 19.2. The van der Waals surface area contributed by atoms with Crippen LogP contribution in [0, 0.1) is 0 Å². The first kappa shape index (κ1) is 38.3. The van der Waals surface area contributed by atoms with Gasteiger partial charge in [-0.15, -0.1) is 0 Å². The molecule has 0 amide bonds. The number of hydrogen-bond donors (Lipinski definition) is 0. The summed E-state index contributed by atoms with van der Waals surface area (Å²) < 4.78 is 0. The fourth-order valence-electron chi connectivity index (χ4n) is 0. The molecule has 2 N–H and O–H groups in total. The van der Waals surface area contributed by atoms with E-state index in [4.69, 9.17) is 0 Å². The van der Waals surface area contributed by atoms with Gasteiger partial charge in [0.2, 0.25) is 0 Å². The van der Waals surface area contributed by atoms with Gasteiger partial charge in [0.25, 0.3) is 0 Å². The first-order chi connectivity index (χ1) is 0. The predicted molar refractivity (Wildman–Crippen MR) is 34.0 cm³/mol. The molecule has 0 aromatic carbocycles. The Morgan fingerprint density at radius 2 is 1.20 bits per heavy atom. The molecule has 0 aliphatic carbocycles. The van der Waals surface area contributed by atoms with Crippen molar-refractivity contribution in [3.05, 3.63) is 0 Å². The summed E-state index contributed by atoms with van der Waals surface area (Å²) in [6, 6.07) is 0. The van der Waals surface area contributed by atoms with Gasteiger partial charge >= 0.3 is 89.1 Å². The van der Waals surface area contributed by atoms with E-state index in [0.717, 1.165) is 0 Å². The van der Waals surface area contributed by atoms with Gasteiger partial charge in [-0.1, -0.05) is 0 Å². The third-order valence-electron chi connectivity index (χ3n) is 0. The number of rotatable bonds is 0. The Labute approximate surface area is 124 Å². The molecule has 0 spiro atoms. The summed E-state index contributed by atoms with van der Waals surface area (Å²) in [6.07, 6.45) is 0. The van der Waals surface area contributed by atoms with E-state index in [1.165, 1.54) is 0 Å². The second-order valence-electron chi connectivity index (χ2n) is 0. The van der Waals surface area contributed by atoms with Crippen molar-refractivity contribution in [2.24, 2.45) is 0 Å². The van der Waals surface area contributed by atoms with Crippen molar-refractivity contribution >= 4 is 66.1 Å². The molecule has 0 fully saturated rings. The van der Waals surface area contributed by atoms with E-state index in [2.05, 4.69) is 0 Å². The van der Waals surface area contributed by atoms with Crippen LogP contribution in [-0.4, -0.2) is 71.5 Å². The summed E-state index contributed by atoms with van der Waals surface area (Å²) in [6.45, 7) is 0. The Morgan fingerprint density at radius 3 is 1.20 bits per heavy atom. The monoisotopic (exact) mass is 162 g/mol. The molecule has 28 valence electrons. The average Bonchev–Trinajstić information content (AvgIpc) is 0. The van der Waals surface area contributed by atoms with Crippen LogP contribution >= 0.6 is 0 Å². The largest absolute Gasteiger partial charge is 2.00 e. The van der Waals surface area contributed by atoms with Gasteiger partial charge in [-0.05, 0) is 11.0 Å². The molecule has 0 saturated heterocycles. The molecule has 0 radical (unpaired) electrons. The third-order valence-corrected chi connectivity index (χ3v) is 0. The van der Waals surface area contributed by atoms with Gasteiger partial charge in [0, 0.05) is 0 Å². The minimum atomic E-state index is 0. The second-order valence-corrected chi connectivity index (χ2v) is 0. The Morgan fingerprint density at radius 1 is 1.20 bits per heavy atom. The molecule has 0 bridgehead atoms. The van der Waals surface area contributed by atoms with E-state index >= 15 is 0 Å². The first-order valence-electron chi connectivity index (χ1n) is 0. The standard InChI is InChI=1S/Al.Ca.K.H2O.H4Si.6H/h;;;1H2;1H4;;;;;;/q;+2;+1;;;;;;3*-1. The van der Waals surface area contributed by atoms with Crippen LogP contribution in [0.4, 0.5) is 0 Å². The van der Waals surface area contributed by atoms with Crippen molar-refractivity contribution in [1.29, 1.82) is 0 Å². The number of hydrogen-bond acceptors (Lipinski definition) is 0. The molecule has 0 aromatic rings. The van der Waals surface area contributed by atoms with Gasteiger partial charge in [0.1, 0.15) is 0 Å². The van der Waals surface area contributed by atoms with Gasteiger partial charge in [-0.3, -0.25) is 0 Å². The molecule has 1 nitrogen and oxygen atoms in total. The summed E-state index contributed by atoms with van der Waals surface area (Å²) >= 11 is 0. The van der Waals surface area contributed by atoms with E-state index in [0.29, 0.717) is 0 Å². The summed E-state index contributed by atoms with van der Waals surface area (Å²) in [5.74, 6) is 0.